The molecule has 0 radical (unpaired) electrons. The van der Waals surface area contributed by atoms with Crippen LogP contribution in [0.2, 0.25) is 0 Å². The minimum absolute atomic E-state index is 0.163. The predicted molar refractivity (Wildman–Crippen MR) is 81.2 cm³/mol. The summed E-state index contributed by atoms with van der Waals surface area (Å²) in [4.78, 5) is 18.3. The Balaban J connectivity index is 1.77. The topological polar surface area (TPSA) is 46.4 Å². The van der Waals surface area contributed by atoms with E-state index in [0.29, 0.717) is 12.2 Å². The smallest absolute Gasteiger partial charge is 0.193 e. The number of piperidine rings is 1. The zero-order valence-electron chi connectivity index (χ0n) is 11.9. The maximum Gasteiger partial charge on any atom is 0.193 e. The van der Waals surface area contributed by atoms with Gasteiger partial charge in [-0.1, -0.05) is 13.3 Å². The molecule has 2 aromatic heterocycles. The summed E-state index contributed by atoms with van der Waals surface area (Å²) in [5, 5.41) is 5.42. The highest BCUT2D eigenvalue weighted by molar-refractivity contribution is 7.15. The molecule has 1 N–H and O–H groups in total. The number of nitrogens with zero attached hydrogens (tertiary/aromatic N) is 2. The molecule has 0 bridgehead atoms. The first-order chi connectivity index (χ1) is 9.73. The Morgan fingerprint density at radius 3 is 3.20 bits per heavy atom. The van der Waals surface area contributed by atoms with Crippen molar-refractivity contribution in [1.29, 1.82) is 0 Å². The van der Waals surface area contributed by atoms with Crippen LogP contribution in [0.1, 0.15) is 38.3 Å². The molecule has 5 heteroatoms. The van der Waals surface area contributed by atoms with Gasteiger partial charge in [0.2, 0.25) is 0 Å². The van der Waals surface area contributed by atoms with Gasteiger partial charge in [-0.15, -0.1) is 11.3 Å². The molecule has 1 unspecified atom stereocenters. The Morgan fingerprint density at radius 2 is 2.50 bits per heavy atom. The molecule has 1 aliphatic rings. The number of carbonyl (C=O) groups excluding carboxylic acids is 1. The Bertz CT molecular complexity index is 561. The second-order valence-electron chi connectivity index (χ2n) is 5.74. The molecule has 1 atom stereocenters. The molecule has 1 fully saturated rings. The summed E-state index contributed by atoms with van der Waals surface area (Å²) in [6.07, 6.45) is 8.62. The van der Waals surface area contributed by atoms with Gasteiger partial charge in [-0.25, -0.2) is 4.98 Å². The van der Waals surface area contributed by atoms with Crippen LogP contribution in [0.5, 0.6) is 0 Å². The van der Waals surface area contributed by atoms with Crippen LogP contribution in [0, 0.1) is 5.41 Å². The van der Waals surface area contributed by atoms with Crippen LogP contribution in [-0.4, -0.2) is 28.3 Å². The summed E-state index contributed by atoms with van der Waals surface area (Å²) >= 11 is 1.61. The Kier molecular flexibility index (Phi) is 3.89. The van der Waals surface area contributed by atoms with Gasteiger partial charge in [-0.2, -0.15) is 0 Å². The third-order valence-corrected chi connectivity index (χ3v) is 5.05. The van der Waals surface area contributed by atoms with Crippen molar-refractivity contribution in [3.05, 3.63) is 23.5 Å². The number of thiazole rings is 1. The van der Waals surface area contributed by atoms with Crippen molar-refractivity contribution in [3.8, 4) is 0 Å². The van der Waals surface area contributed by atoms with Gasteiger partial charge in [0, 0.05) is 29.7 Å². The molecule has 3 heterocycles. The average molecular weight is 291 g/mol. The molecular formula is C15H21N3OS. The summed E-state index contributed by atoms with van der Waals surface area (Å²) < 4.78 is 2.00. The maximum atomic E-state index is 12.8. The molecule has 2 aromatic rings. The van der Waals surface area contributed by atoms with E-state index in [1.165, 1.54) is 0 Å². The first kappa shape index (κ1) is 13.8. The molecule has 0 saturated carbocycles. The number of hydrogen-bond acceptors (Lipinski definition) is 4. The van der Waals surface area contributed by atoms with E-state index in [1.54, 1.807) is 11.3 Å². The first-order valence-electron chi connectivity index (χ1n) is 7.39. The van der Waals surface area contributed by atoms with E-state index < -0.39 is 0 Å². The normalized spacial score (nSPS) is 23.2. The minimum Gasteiger partial charge on any atom is -0.316 e. The lowest BCUT2D eigenvalue weighted by Gasteiger charge is -2.36. The lowest BCUT2D eigenvalue weighted by molar-refractivity contribution is -0.129. The number of imidazole rings is 1. The SMILES string of the molecule is CCCC1(C(=O)Cc2cn3ccsc3n2)CCCNC1. The van der Waals surface area contributed by atoms with Gasteiger partial charge in [0.05, 0.1) is 12.1 Å². The summed E-state index contributed by atoms with van der Waals surface area (Å²) in [6, 6.07) is 0. The van der Waals surface area contributed by atoms with Crippen LogP contribution in [0.3, 0.4) is 0 Å². The highest BCUT2D eigenvalue weighted by atomic mass is 32.1. The van der Waals surface area contributed by atoms with E-state index in [-0.39, 0.29) is 5.41 Å². The van der Waals surface area contributed by atoms with Gasteiger partial charge < -0.3 is 5.32 Å². The van der Waals surface area contributed by atoms with Crippen LogP contribution < -0.4 is 5.32 Å². The summed E-state index contributed by atoms with van der Waals surface area (Å²) in [5.41, 5.74) is 0.743. The van der Waals surface area contributed by atoms with E-state index in [4.69, 9.17) is 0 Å². The van der Waals surface area contributed by atoms with E-state index in [1.807, 2.05) is 22.2 Å². The molecule has 1 aliphatic heterocycles. The minimum atomic E-state index is -0.163. The van der Waals surface area contributed by atoms with E-state index in [2.05, 4.69) is 17.2 Å². The van der Waals surface area contributed by atoms with Gasteiger partial charge in [-0.05, 0) is 25.8 Å². The zero-order valence-corrected chi connectivity index (χ0v) is 12.7. The standard InChI is InChI=1S/C15H21N3OS/c1-2-4-15(5-3-6-16-11-15)13(19)9-12-10-18-7-8-20-14(18)17-12/h7-8,10,16H,2-6,9,11H2,1H3. The molecule has 0 amide bonds. The fourth-order valence-electron chi connectivity index (χ4n) is 3.25. The number of hydrogen-bond donors (Lipinski definition) is 1. The number of carbonyl (C=O) groups is 1. The molecule has 0 aromatic carbocycles. The van der Waals surface area contributed by atoms with Crippen LogP contribution in [0.15, 0.2) is 17.8 Å². The van der Waals surface area contributed by atoms with Gasteiger partial charge in [0.1, 0.15) is 5.78 Å². The van der Waals surface area contributed by atoms with Gasteiger partial charge >= 0.3 is 0 Å². The summed E-state index contributed by atoms with van der Waals surface area (Å²) in [7, 11) is 0. The van der Waals surface area contributed by atoms with Crippen molar-refractivity contribution < 1.29 is 4.79 Å². The predicted octanol–water partition coefficient (Wildman–Crippen LogP) is 2.68. The van der Waals surface area contributed by atoms with Crippen LogP contribution in [-0.2, 0) is 11.2 Å². The third kappa shape index (κ3) is 2.52. The van der Waals surface area contributed by atoms with Gasteiger partial charge in [0.25, 0.3) is 0 Å². The third-order valence-electron chi connectivity index (χ3n) is 4.28. The molecule has 108 valence electrons. The number of rotatable bonds is 5. The number of nitrogens with one attached hydrogen (secondary N) is 1. The number of Topliss-reactive ketones (excluding diaryl/α,β-unsaturated/α-hetero) is 1. The average Bonchev–Trinajstić information content (AvgIpc) is 3.01. The Hall–Kier alpha value is -1.20. The maximum absolute atomic E-state index is 12.8. The summed E-state index contributed by atoms with van der Waals surface area (Å²) in [5.74, 6) is 0.359. The van der Waals surface area contributed by atoms with E-state index >= 15 is 0 Å². The second kappa shape index (κ2) is 5.66. The fraction of sp³-hybridized carbons (Fsp3) is 0.600. The summed E-state index contributed by atoms with van der Waals surface area (Å²) in [6.45, 7) is 4.04. The van der Waals surface area contributed by atoms with Crippen molar-refractivity contribution in [2.45, 2.75) is 39.0 Å². The van der Waals surface area contributed by atoms with Crippen molar-refractivity contribution >= 4 is 22.1 Å². The number of fused-ring (bicyclic) bond motifs is 1. The first-order valence-corrected chi connectivity index (χ1v) is 8.26. The molecule has 3 rings (SSSR count). The lowest BCUT2D eigenvalue weighted by Crippen LogP contribution is -2.46. The van der Waals surface area contributed by atoms with E-state index in [9.17, 15) is 4.79 Å². The molecule has 4 nitrogen and oxygen atoms in total. The Morgan fingerprint density at radius 1 is 1.60 bits per heavy atom. The van der Waals surface area contributed by atoms with Crippen LogP contribution in [0.4, 0.5) is 0 Å². The van der Waals surface area contributed by atoms with Gasteiger partial charge in [0.15, 0.2) is 4.96 Å². The van der Waals surface area contributed by atoms with Crippen molar-refractivity contribution in [3.63, 3.8) is 0 Å². The lowest BCUT2D eigenvalue weighted by atomic mass is 9.72. The molecule has 20 heavy (non-hydrogen) atoms. The largest absolute Gasteiger partial charge is 0.316 e. The van der Waals surface area contributed by atoms with Crippen molar-refractivity contribution in [2.75, 3.05) is 13.1 Å². The highest BCUT2D eigenvalue weighted by Crippen LogP contribution is 2.33. The molecule has 0 spiro atoms. The van der Waals surface area contributed by atoms with Crippen LogP contribution in [0.25, 0.3) is 4.96 Å². The highest BCUT2D eigenvalue weighted by Gasteiger charge is 2.38. The van der Waals surface area contributed by atoms with Crippen molar-refractivity contribution in [1.82, 2.24) is 14.7 Å². The van der Waals surface area contributed by atoms with E-state index in [0.717, 1.165) is 49.4 Å². The monoisotopic (exact) mass is 291 g/mol. The quantitative estimate of drug-likeness (QED) is 0.921. The van der Waals surface area contributed by atoms with Crippen LogP contribution >= 0.6 is 11.3 Å². The molecule has 0 aliphatic carbocycles. The zero-order chi connectivity index (χ0) is 14.0. The number of ketones is 1. The molecular weight excluding hydrogens is 270 g/mol. The second-order valence-corrected chi connectivity index (χ2v) is 6.61. The van der Waals surface area contributed by atoms with Gasteiger partial charge in [-0.3, -0.25) is 9.20 Å². The Labute approximate surface area is 123 Å². The van der Waals surface area contributed by atoms with Crippen molar-refractivity contribution in [2.24, 2.45) is 5.41 Å². The molecule has 1 saturated heterocycles. The number of aromatic nitrogens is 2. The fourth-order valence-corrected chi connectivity index (χ4v) is 3.97.